The number of benzene rings is 2. The molecule has 0 fully saturated rings. The SMILES string of the molecule is COc1ccc(Cn2ccc3cc(CN)ccc32)cc1. The highest BCUT2D eigenvalue weighted by atomic mass is 16.5. The molecule has 102 valence electrons. The summed E-state index contributed by atoms with van der Waals surface area (Å²) in [5.41, 5.74) is 9.34. The molecule has 0 aliphatic rings. The van der Waals surface area contributed by atoms with Crippen LogP contribution in [0, 0.1) is 0 Å². The maximum atomic E-state index is 5.68. The van der Waals surface area contributed by atoms with Gasteiger partial charge in [0.2, 0.25) is 0 Å². The second kappa shape index (κ2) is 5.39. The average Bonchev–Trinajstić information content (AvgIpc) is 2.90. The molecule has 3 rings (SSSR count). The average molecular weight is 266 g/mol. The number of aromatic nitrogens is 1. The molecule has 0 spiro atoms. The molecule has 1 heterocycles. The van der Waals surface area contributed by atoms with Crippen molar-refractivity contribution in [3.63, 3.8) is 0 Å². The zero-order chi connectivity index (χ0) is 13.9. The first-order chi connectivity index (χ1) is 9.80. The second-order valence-electron chi connectivity index (χ2n) is 4.89. The van der Waals surface area contributed by atoms with Crippen molar-refractivity contribution in [1.29, 1.82) is 0 Å². The predicted molar refractivity (Wildman–Crippen MR) is 81.9 cm³/mol. The quantitative estimate of drug-likeness (QED) is 0.788. The maximum absolute atomic E-state index is 5.68. The fourth-order valence-electron chi connectivity index (χ4n) is 2.44. The summed E-state index contributed by atoms with van der Waals surface area (Å²) in [6.45, 7) is 1.44. The Hall–Kier alpha value is -2.26. The fraction of sp³-hybridized carbons (Fsp3) is 0.176. The van der Waals surface area contributed by atoms with E-state index >= 15 is 0 Å². The van der Waals surface area contributed by atoms with E-state index < -0.39 is 0 Å². The normalized spacial score (nSPS) is 10.9. The highest BCUT2D eigenvalue weighted by Gasteiger charge is 2.03. The minimum atomic E-state index is 0.583. The third-order valence-corrected chi connectivity index (χ3v) is 3.58. The highest BCUT2D eigenvalue weighted by molar-refractivity contribution is 5.81. The summed E-state index contributed by atoms with van der Waals surface area (Å²) in [5, 5.41) is 1.24. The zero-order valence-electron chi connectivity index (χ0n) is 11.5. The van der Waals surface area contributed by atoms with Gasteiger partial charge >= 0.3 is 0 Å². The lowest BCUT2D eigenvalue weighted by Crippen LogP contribution is -1.99. The van der Waals surface area contributed by atoms with Crippen molar-refractivity contribution >= 4 is 10.9 Å². The summed E-state index contributed by atoms with van der Waals surface area (Å²) in [6, 6.07) is 16.7. The smallest absolute Gasteiger partial charge is 0.118 e. The summed E-state index contributed by atoms with van der Waals surface area (Å²) >= 11 is 0. The molecule has 0 amide bonds. The lowest BCUT2D eigenvalue weighted by molar-refractivity contribution is 0.414. The number of nitrogens with zero attached hydrogens (tertiary/aromatic N) is 1. The topological polar surface area (TPSA) is 40.2 Å². The summed E-state index contributed by atoms with van der Waals surface area (Å²) in [7, 11) is 1.68. The van der Waals surface area contributed by atoms with Gasteiger partial charge in [0, 0.05) is 24.8 Å². The lowest BCUT2D eigenvalue weighted by Gasteiger charge is -2.07. The summed E-state index contributed by atoms with van der Waals surface area (Å²) in [5.74, 6) is 0.888. The van der Waals surface area contributed by atoms with E-state index in [9.17, 15) is 0 Å². The molecule has 0 saturated heterocycles. The molecule has 0 radical (unpaired) electrons. The van der Waals surface area contributed by atoms with E-state index in [1.807, 2.05) is 12.1 Å². The van der Waals surface area contributed by atoms with E-state index in [1.54, 1.807) is 7.11 Å². The first-order valence-corrected chi connectivity index (χ1v) is 6.71. The van der Waals surface area contributed by atoms with Gasteiger partial charge in [-0.2, -0.15) is 0 Å². The number of fused-ring (bicyclic) bond motifs is 1. The first kappa shape index (κ1) is 12.8. The van der Waals surface area contributed by atoms with Crippen LogP contribution in [-0.4, -0.2) is 11.7 Å². The molecule has 1 aromatic heterocycles. The Kier molecular flexibility index (Phi) is 3.44. The molecule has 0 unspecified atom stereocenters. The van der Waals surface area contributed by atoms with Crippen molar-refractivity contribution in [3.8, 4) is 5.75 Å². The molecule has 3 heteroatoms. The highest BCUT2D eigenvalue weighted by Crippen LogP contribution is 2.20. The van der Waals surface area contributed by atoms with Crippen molar-refractivity contribution < 1.29 is 4.74 Å². The fourth-order valence-corrected chi connectivity index (χ4v) is 2.44. The summed E-state index contributed by atoms with van der Waals surface area (Å²) < 4.78 is 7.43. The minimum absolute atomic E-state index is 0.583. The summed E-state index contributed by atoms with van der Waals surface area (Å²) in [4.78, 5) is 0. The predicted octanol–water partition coefficient (Wildman–Crippen LogP) is 3.16. The van der Waals surface area contributed by atoms with Crippen molar-refractivity contribution in [1.82, 2.24) is 4.57 Å². The van der Waals surface area contributed by atoms with Crippen LogP contribution in [0.5, 0.6) is 5.75 Å². The molecular formula is C17H18N2O. The Morgan fingerprint density at radius 2 is 1.75 bits per heavy atom. The van der Waals surface area contributed by atoms with Crippen molar-refractivity contribution in [2.75, 3.05) is 7.11 Å². The van der Waals surface area contributed by atoms with E-state index in [1.165, 1.54) is 22.0 Å². The van der Waals surface area contributed by atoms with Gasteiger partial charge in [-0.3, -0.25) is 0 Å². The molecule has 0 aliphatic heterocycles. The molecule has 3 nitrogen and oxygen atoms in total. The standard InChI is InChI=1S/C17H18N2O/c1-20-16-5-2-13(3-6-16)12-19-9-8-15-10-14(11-18)4-7-17(15)19/h2-10H,11-12,18H2,1H3. The molecule has 0 atom stereocenters. The maximum Gasteiger partial charge on any atom is 0.118 e. The Morgan fingerprint density at radius 3 is 2.45 bits per heavy atom. The zero-order valence-corrected chi connectivity index (χ0v) is 11.5. The Labute approximate surface area is 118 Å². The lowest BCUT2D eigenvalue weighted by atomic mass is 10.1. The van der Waals surface area contributed by atoms with Gasteiger partial charge in [0.25, 0.3) is 0 Å². The Bertz CT molecular complexity index is 713. The van der Waals surface area contributed by atoms with Gasteiger partial charge < -0.3 is 15.0 Å². The van der Waals surface area contributed by atoms with Crippen molar-refractivity contribution in [2.45, 2.75) is 13.1 Å². The van der Waals surface area contributed by atoms with Crippen LogP contribution in [0.2, 0.25) is 0 Å². The number of rotatable bonds is 4. The molecule has 0 bridgehead atoms. The van der Waals surface area contributed by atoms with Gasteiger partial charge in [0.15, 0.2) is 0 Å². The van der Waals surface area contributed by atoms with Crippen molar-refractivity contribution in [2.24, 2.45) is 5.73 Å². The third-order valence-electron chi connectivity index (χ3n) is 3.58. The number of nitrogens with two attached hydrogens (primary N) is 1. The van der Waals surface area contributed by atoms with Gasteiger partial charge in [-0.25, -0.2) is 0 Å². The Morgan fingerprint density at radius 1 is 1.00 bits per heavy atom. The van der Waals surface area contributed by atoms with Crippen LogP contribution in [0.25, 0.3) is 10.9 Å². The minimum Gasteiger partial charge on any atom is -0.497 e. The van der Waals surface area contributed by atoms with Crippen LogP contribution in [0.3, 0.4) is 0 Å². The molecule has 2 aromatic carbocycles. The van der Waals surface area contributed by atoms with Crippen LogP contribution in [0.1, 0.15) is 11.1 Å². The summed E-state index contributed by atoms with van der Waals surface area (Å²) in [6.07, 6.45) is 2.12. The van der Waals surface area contributed by atoms with Crippen LogP contribution >= 0.6 is 0 Å². The molecule has 20 heavy (non-hydrogen) atoms. The number of methoxy groups -OCH3 is 1. The van der Waals surface area contributed by atoms with E-state index in [2.05, 4.69) is 47.2 Å². The van der Waals surface area contributed by atoms with Gasteiger partial charge in [0.05, 0.1) is 7.11 Å². The van der Waals surface area contributed by atoms with Crippen LogP contribution < -0.4 is 10.5 Å². The van der Waals surface area contributed by atoms with Crippen LogP contribution in [-0.2, 0) is 13.1 Å². The van der Waals surface area contributed by atoms with E-state index in [0.29, 0.717) is 6.54 Å². The number of hydrogen-bond acceptors (Lipinski definition) is 2. The Balaban J connectivity index is 1.90. The monoisotopic (exact) mass is 266 g/mol. The second-order valence-corrected chi connectivity index (χ2v) is 4.89. The van der Waals surface area contributed by atoms with Crippen LogP contribution in [0.15, 0.2) is 54.7 Å². The van der Waals surface area contributed by atoms with E-state index in [0.717, 1.165) is 12.3 Å². The molecule has 2 N–H and O–H groups in total. The molecule has 0 aliphatic carbocycles. The van der Waals surface area contributed by atoms with Crippen molar-refractivity contribution in [3.05, 3.63) is 65.9 Å². The number of ether oxygens (including phenoxy) is 1. The van der Waals surface area contributed by atoms with Gasteiger partial charge in [-0.05, 0) is 46.8 Å². The van der Waals surface area contributed by atoms with Gasteiger partial charge in [0.1, 0.15) is 5.75 Å². The first-order valence-electron chi connectivity index (χ1n) is 6.71. The molecule has 3 aromatic rings. The van der Waals surface area contributed by atoms with Crippen LogP contribution in [0.4, 0.5) is 0 Å². The molecule has 0 saturated carbocycles. The third kappa shape index (κ3) is 2.40. The molecular weight excluding hydrogens is 248 g/mol. The van der Waals surface area contributed by atoms with Gasteiger partial charge in [-0.15, -0.1) is 0 Å². The number of hydrogen-bond donors (Lipinski definition) is 1. The largest absolute Gasteiger partial charge is 0.497 e. The van der Waals surface area contributed by atoms with Gasteiger partial charge in [-0.1, -0.05) is 18.2 Å². The van der Waals surface area contributed by atoms with E-state index in [4.69, 9.17) is 10.5 Å². The van der Waals surface area contributed by atoms with E-state index in [-0.39, 0.29) is 0 Å².